The first-order valence-electron chi connectivity index (χ1n) is 13.2. The molecule has 5 aromatic rings. The second-order valence-corrected chi connectivity index (χ2v) is 10.5. The fourth-order valence-corrected chi connectivity index (χ4v) is 4.16. The number of carbonyl (C=O) groups excluding carboxylic acids is 1. The van der Waals surface area contributed by atoms with Crippen molar-refractivity contribution in [2.75, 3.05) is 6.54 Å². The van der Waals surface area contributed by atoms with Gasteiger partial charge in [-0.2, -0.15) is 5.26 Å². The predicted octanol–water partition coefficient (Wildman–Crippen LogP) is 4.72. The van der Waals surface area contributed by atoms with E-state index in [0.717, 1.165) is 35.1 Å². The van der Waals surface area contributed by atoms with Crippen LogP contribution in [0.2, 0.25) is 0 Å². The molecule has 0 fully saturated rings. The average molecular weight is 548 g/mol. The second kappa shape index (κ2) is 11.9. The zero-order chi connectivity index (χ0) is 28.8. The molecule has 206 valence electrons. The van der Waals surface area contributed by atoms with Crippen molar-refractivity contribution in [1.29, 1.82) is 5.26 Å². The van der Waals surface area contributed by atoms with Crippen LogP contribution in [0.25, 0.3) is 33.9 Å². The summed E-state index contributed by atoms with van der Waals surface area (Å²) in [7, 11) is 0. The van der Waals surface area contributed by atoms with Crippen LogP contribution in [0.3, 0.4) is 0 Å². The normalized spacial score (nSPS) is 11.3. The lowest BCUT2D eigenvalue weighted by Crippen LogP contribution is -2.33. The van der Waals surface area contributed by atoms with Crippen LogP contribution in [0.1, 0.15) is 43.9 Å². The van der Waals surface area contributed by atoms with Crippen LogP contribution in [0.15, 0.2) is 67.1 Å². The number of aromatic nitrogens is 7. The summed E-state index contributed by atoms with van der Waals surface area (Å²) >= 11 is 0. The van der Waals surface area contributed by atoms with Gasteiger partial charge < -0.3 is 10.1 Å². The van der Waals surface area contributed by atoms with E-state index in [9.17, 15) is 10.1 Å². The number of amides is 1. The molecule has 0 bridgehead atoms. The van der Waals surface area contributed by atoms with Crippen LogP contribution in [-0.4, -0.2) is 53.2 Å². The summed E-state index contributed by atoms with van der Waals surface area (Å²) in [6.07, 6.45) is 6.33. The zero-order valence-corrected chi connectivity index (χ0v) is 23.1. The van der Waals surface area contributed by atoms with Crippen LogP contribution in [-0.2, 0) is 17.7 Å². The summed E-state index contributed by atoms with van der Waals surface area (Å²) in [6, 6.07) is 17.3. The largest absolute Gasteiger partial charge is 0.444 e. The van der Waals surface area contributed by atoms with E-state index < -0.39 is 11.7 Å². The van der Waals surface area contributed by atoms with E-state index in [4.69, 9.17) is 4.74 Å². The van der Waals surface area contributed by atoms with Gasteiger partial charge in [-0.3, -0.25) is 0 Å². The number of rotatable bonds is 8. The Morgan fingerprint density at radius 2 is 1.71 bits per heavy atom. The summed E-state index contributed by atoms with van der Waals surface area (Å²) in [5.41, 5.74) is 4.82. The van der Waals surface area contributed by atoms with E-state index >= 15 is 0 Å². The summed E-state index contributed by atoms with van der Waals surface area (Å²) < 4.78 is 6.98. The molecule has 2 aromatic carbocycles. The Morgan fingerprint density at radius 1 is 0.976 bits per heavy atom. The highest BCUT2D eigenvalue weighted by atomic mass is 16.6. The third-order valence-electron chi connectivity index (χ3n) is 6.04. The van der Waals surface area contributed by atoms with Gasteiger partial charge in [0.25, 0.3) is 0 Å². The summed E-state index contributed by atoms with van der Waals surface area (Å²) in [5.74, 6) is 1.12. The standard InChI is InChI=1S/C30H29N9O2/c1-30(2,3)41-29(40)32-12-6-9-22-16-33-26(34-17-22)23-10-5-8-21(14-23)19-39-28-25(37-38-39)18-35-27(36-28)24-11-4-7-20(13-24)15-31/h4-5,7-8,10-11,13-14,16-18H,6,9,12,19H2,1-3H3,(H,32,40). The molecule has 0 atom stereocenters. The molecule has 1 amide bonds. The Morgan fingerprint density at radius 3 is 2.46 bits per heavy atom. The van der Waals surface area contributed by atoms with Gasteiger partial charge in [-0.25, -0.2) is 29.4 Å². The molecule has 0 unspecified atom stereocenters. The molecule has 1 N–H and O–H groups in total. The maximum Gasteiger partial charge on any atom is 0.407 e. The number of fused-ring (bicyclic) bond motifs is 1. The molecule has 0 aliphatic rings. The van der Waals surface area contributed by atoms with Gasteiger partial charge in [-0.05, 0) is 62.9 Å². The number of nitrogens with one attached hydrogen (secondary N) is 1. The van der Waals surface area contributed by atoms with Gasteiger partial charge in [0.05, 0.1) is 24.4 Å². The van der Waals surface area contributed by atoms with Crippen molar-refractivity contribution >= 4 is 17.3 Å². The quantitative estimate of drug-likeness (QED) is 0.273. The van der Waals surface area contributed by atoms with Gasteiger partial charge in [0, 0.05) is 30.1 Å². The van der Waals surface area contributed by atoms with E-state index in [1.165, 1.54) is 0 Å². The number of benzene rings is 2. The minimum Gasteiger partial charge on any atom is -0.444 e. The van der Waals surface area contributed by atoms with Gasteiger partial charge in [0.15, 0.2) is 22.8 Å². The van der Waals surface area contributed by atoms with Crippen LogP contribution in [0, 0.1) is 11.3 Å². The molecule has 11 heteroatoms. The molecule has 0 aliphatic heterocycles. The summed E-state index contributed by atoms with van der Waals surface area (Å²) in [4.78, 5) is 30.0. The van der Waals surface area contributed by atoms with Crippen molar-refractivity contribution < 1.29 is 9.53 Å². The number of hydrogen-bond acceptors (Lipinski definition) is 9. The number of alkyl carbamates (subject to hydrolysis) is 1. The number of ether oxygens (including phenoxy) is 1. The number of carbonyl (C=O) groups is 1. The number of hydrogen-bond donors (Lipinski definition) is 1. The van der Waals surface area contributed by atoms with E-state index in [1.807, 2.05) is 63.5 Å². The lowest BCUT2D eigenvalue weighted by molar-refractivity contribution is 0.0527. The summed E-state index contributed by atoms with van der Waals surface area (Å²) in [6.45, 7) is 6.46. The van der Waals surface area contributed by atoms with Crippen LogP contribution in [0.4, 0.5) is 4.79 Å². The smallest absolute Gasteiger partial charge is 0.407 e. The van der Waals surface area contributed by atoms with Gasteiger partial charge in [0.2, 0.25) is 0 Å². The Kier molecular flexibility index (Phi) is 7.92. The fourth-order valence-electron chi connectivity index (χ4n) is 4.16. The molecule has 3 aromatic heterocycles. The van der Waals surface area contributed by atoms with Gasteiger partial charge in [-0.15, -0.1) is 5.10 Å². The Labute approximate surface area is 237 Å². The first-order valence-corrected chi connectivity index (χ1v) is 13.2. The topological polar surface area (TPSA) is 144 Å². The first kappa shape index (κ1) is 27.3. The van der Waals surface area contributed by atoms with E-state index in [-0.39, 0.29) is 0 Å². The fraction of sp³-hybridized carbons (Fsp3) is 0.267. The molecule has 5 rings (SSSR count). The van der Waals surface area contributed by atoms with Crippen molar-refractivity contribution in [3.05, 3.63) is 83.8 Å². The third kappa shape index (κ3) is 7.05. The SMILES string of the molecule is CC(C)(C)OC(=O)NCCCc1cnc(-c2cccc(Cn3nnc4cnc(-c5cccc(C#N)c5)nc43)c2)nc1. The monoisotopic (exact) mass is 547 g/mol. The Bertz CT molecular complexity index is 1720. The van der Waals surface area contributed by atoms with Gasteiger partial charge in [0.1, 0.15) is 5.60 Å². The maximum absolute atomic E-state index is 11.8. The van der Waals surface area contributed by atoms with Gasteiger partial charge in [-0.1, -0.05) is 35.5 Å². The minimum absolute atomic E-state index is 0.416. The van der Waals surface area contributed by atoms with Crippen molar-refractivity contribution in [3.8, 4) is 28.8 Å². The molecule has 0 radical (unpaired) electrons. The zero-order valence-electron chi connectivity index (χ0n) is 23.1. The van der Waals surface area contributed by atoms with E-state index in [2.05, 4.69) is 41.6 Å². The first-order chi connectivity index (χ1) is 19.8. The van der Waals surface area contributed by atoms with Gasteiger partial charge >= 0.3 is 6.09 Å². The summed E-state index contributed by atoms with van der Waals surface area (Å²) in [5, 5.41) is 20.5. The molecule has 0 spiro atoms. The number of nitrogens with zero attached hydrogens (tertiary/aromatic N) is 8. The maximum atomic E-state index is 11.8. The minimum atomic E-state index is -0.515. The van der Waals surface area contributed by atoms with E-state index in [1.54, 1.807) is 29.1 Å². The third-order valence-corrected chi connectivity index (χ3v) is 6.04. The molecule has 0 saturated carbocycles. The molecular weight excluding hydrogens is 518 g/mol. The van der Waals surface area contributed by atoms with Crippen molar-refractivity contribution in [1.82, 2.24) is 40.2 Å². The van der Waals surface area contributed by atoms with Crippen LogP contribution >= 0.6 is 0 Å². The molecule has 3 heterocycles. The molecular formula is C30H29N9O2. The highest BCUT2D eigenvalue weighted by Crippen LogP contribution is 2.21. The highest BCUT2D eigenvalue weighted by molar-refractivity contribution is 5.72. The number of nitriles is 1. The van der Waals surface area contributed by atoms with Crippen molar-refractivity contribution in [3.63, 3.8) is 0 Å². The second-order valence-electron chi connectivity index (χ2n) is 10.5. The lowest BCUT2D eigenvalue weighted by Gasteiger charge is -2.19. The Hall–Kier alpha value is -5.24. The molecule has 11 nitrogen and oxygen atoms in total. The van der Waals surface area contributed by atoms with Crippen molar-refractivity contribution in [2.45, 2.75) is 45.8 Å². The van der Waals surface area contributed by atoms with Crippen LogP contribution in [0.5, 0.6) is 0 Å². The molecule has 0 saturated heterocycles. The van der Waals surface area contributed by atoms with Crippen LogP contribution < -0.4 is 5.32 Å². The van der Waals surface area contributed by atoms with E-state index in [0.29, 0.717) is 41.5 Å². The Balaban J connectivity index is 1.24. The molecule has 0 aliphatic carbocycles. The lowest BCUT2D eigenvalue weighted by atomic mass is 10.1. The predicted molar refractivity (Wildman–Crippen MR) is 152 cm³/mol. The number of aryl methyl sites for hydroxylation is 1. The average Bonchev–Trinajstić information content (AvgIpc) is 3.36. The van der Waals surface area contributed by atoms with Crippen molar-refractivity contribution in [2.24, 2.45) is 0 Å². The molecule has 41 heavy (non-hydrogen) atoms. The highest BCUT2D eigenvalue weighted by Gasteiger charge is 2.15.